The Morgan fingerprint density at radius 2 is 1.53 bits per heavy atom. The highest BCUT2D eigenvalue weighted by atomic mass is 16.3. The predicted molar refractivity (Wildman–Crippen MR) is 122 cm³/mol. The monoisotopic (exact) mass is 420 g/mol. The first kappa shape index (κ1) is 23.1. The Morgan fingerprint density at radius 1 is 0.833 bits per heavy atom. The lowest BCUT2D eigenvalue weighted by Gasteiger charge is -2.62. The molecule has 4 saturated carbocycles. The van der Waals surface area contributed by atoms with E-state index in [1.807, 2.05) is 0 Å². The van der Waals surface area contributed by atoms with Gasteiger partial charge in [0.25, 0.3) is 0 Å². The minimum absolute atomic E-state index is 0.184. The molecule has 0 radical (unpaired) electrons. The van der Waals surface area contributed by atoms with E-state index in [9.17, 15) is 15.3 Å². The molecule has 4 fully saturated rings. The van der Waals surface area contributed by atoms with Gasteiger partial charge in [-0.05, 0) is 105 Å². The van der Waals surface area contributed by atoms with E-state index in [0.717, 1.165) is 44.9 Å². The van der Waals surface area contributed by atoms with E-state index in [0.29, 0.717) is 23.7 Å². The molecule has 4 aliphatic rings. The molecule has 0 amide bonds. The molecule has 10 atom stereocenters. The number of aliphatic hydroxyl groups excluding tert-OH is 2. The van der Waals surface area contributed by atoms with Crippen LogP contribution in [0.4, 0.5) is 0 Å². The molecule has 0 saturated heterocycles. The summed E-state index contributed by atoms with van der Waals surface area (Å²) in [7, 11) is 0. The maximum absolute atomic E-state index is 11.6. The zero-order chi connectivity index (χ0) is 21.7. The first-order valence-corrected chi connectivity index (χ1v) is 13.2. The van der Waals surface area contributed by atoms with E-state index in [-0.39, 0.29) is 29.0 Å². The Hall–Kier alpha value is -0.120. The first-order chi connectivity index (χ1) is 14.1. The maximum atomic E-state index is 11.6. The summed E-state index contributed by atoms with van der Waals surface area (Å²) < 4.78 is 0. The summed E-state index contributed by atoms with van der Waals surface area (Å²) in [6.45, 7) is 9.29. The lowest BCUT2D eigenvalue weighted by atomic mass is 9.43. The summed E-state index contributed by atoms with van der Waals surface area (Å²) in [6.07, 6.45) is 13.9. The Kier molecular flexibility index (Phi) is 6.41. The van der Waals surface area contributed by atoms with Crippen molar-refractivity contribution in [3.63, 3.8) is 0 Å². The fourth-order valence-electron chi connectivity index (χ4n) is 9.38. The van der Waals surface area contributed by atoms with Crippen LogP contribution in [-0.4, -0.2) is 33.1 Å². The SMILES string of the molecule is CCCCCC[C@](C)(O)C1CCC2C3C[C@H](O)[C@H]4C[C@@H](O)CC[C@]4(C)C3CC[C@@]21C. The summed E-state index contributed by atoms with van der Waals surface area (Å²) >= 11 is 0. The first-order valence-electron chi connectivity index (χ1n) is 13.2. The Bertz CT molecular complexity index is 603. The highest BCUT2D eigenvalue weighted by Gasteiger charge is 2.63. The zero-order valence-corrected chi connectivity index (χ0v) is 20.1. The van der Waals surface area contributed by atoms with E-state index >= 15 is 0 Å². The molecule has 3 N–H and O–H groups in total. The van der Waals surface area contributed by atoms with Crippen molar-refractivity contribution >= 4 is 0 Å². The zero-order valence-electron chi connectivity index (χ0n) is 20.1. The molecule has 0 heterocycles. The molecule has 174 valence electrons. The van der Waals surface area contributed by atoms with Crippen LogP contribution in [0.3, 0.4) is 0 Å². The average molecular weight is 421 g/mol. The molecule has 0 aliphatic heterocycles. The molecule has 0 spiro atoms. The molecular formula is C27H48O3. The largest absolute Gasteiger partial charge is 0.393 e. The lowest BCUT2D eigenvalue weighted by molar-refractivity contribution is -0.179. The highest BCUT2D eigenvalue weighted by molar-refractivity contribution is 5.13. The average Bonchev–Trinajstić information content (AvgIpc) is 3.05. The predicted octanol–water partition coefficient (Wildman–Crippen LogP) is 5.70. The smallest absolute Gasteiger partial charge is 0.0653 e. The highest BCUT2D eigenvalue weighted by Crippen LogP contribution is 2.68. The minimum Gasteiger partial charge on any atom is -0.393 e. The van der Waals surface area contributed by atoms with Crippen molar-refractivity contribution in [3.05, 3.63) is 0 Å². The maximum Gasteiger partial charge on any atom is 0.0653 e. The summed E-state index contributed by atoms with van der Waals surface area (Å²) in [5.74, 6) is 2.59. The molecule has 4 unspecified atom stereocenters. The van der Waals surface area contributed by atoms with Gasteiger partial charge in [0.15, 0.2) is 0 Å². The molecule has 30 heavy (non-hydrogen) atoms. The van der Waals surface area contributed by atoms with Crippen molar-refractivity contribution in [2.45, 2.75) is 129 Å². The molecule has 0 aromatic carbocycles. The molecule has 3 nitrogen and oxygen atoms in total. The Labute approximate surface area is 185 Å². The second-order valence-corrected chi connectivity index (χ2v) is 12.6. The van der Waals surface area contributed by atoms with Crippen LogP contribution >= 0.6 is 0 Å². The molecule has 0 aromatic heterocycles. The van der Waals surface area contributed by atoms with Crippen molar-refractivity contribution in [3.8, 4) is 0 Å². The van der Waals surface area contributed by atoms with Gasteiger partial charge < -0.3 is 15.3 Å². The van der Waals surface area contributed by atoms with Gasteiger partial charge in [-0.25, -0.2) is 0 Å². The van der Waals surface area contributed by atoms with Gasteiger partial charge >= 0.3 is 0 Å². The van der Waals surface area contributed by atoms with Crippen molar-refractivity contribution in [2.24, 2.45) is 40.4 Å². The van der Waals surface area contributed by atoms with Crippen molar-refractivity contribution < 1.29 is 15.3 Å². The van der Waals surface area contributed by atoms with Crippen LogP contribution in [0.5, 0.6) is 0 Å². The van der Waals surface area contributed by atoms with E-state index < -0.39 is 5.60 Å². The van der Waals surface area contributed by atoms with Gasteiger partial charge in [-0.3, -0.25) is 0 Å². The third-order valence-electron chi connectivity index (χ3n) is 10.9. The minimum atomic E-state index is -0.557. The van der Waals surface area contributed by atoms with Crippen LogP contribution in [0.15, 0.2) is 0 Å². The van der Waals surface area contributed by atoms with Crippen LogP contribution in [0.25, 0.3) is 0 Å². The van der Waals surface area contributed by atoms with E-state index in [1.54, 1.807) is 0 Å². The Balaban J connectivity index is 1.52. The van der Waals surface area contributed by atoms with Crippen LogP contribution in [-0.2, 0) is 0 Å². The molecule has 4 aliphatic carbocycles. The Morgan fingerprint density at radius 3 is 2.27 bits per heavy atom. The van der Waals surface area contributed by atoms with Crippen molar-refractivity contribution in [1.82, 2.24) is 0 Å². The topological polar surface area (TPSA) is 60.7 Å². The summed E-state index contributed by atoms with van der Waals surface area (Å²) in [5, 5.41) is 33.0. The number of rotatable bonds is 6. The van der Waals surface area contributed by atoms with Gasteiger partial charge in [0.1, 0.15) is 0 Å². The van der Waals surface area contributed by atoms with Crippen LogP contribution in [0, 0.1) is 40.4 Å². The summed E-state index contributed by atoms with van der Waals surface area (Å²) in [6, 6.07) is 0. The fraction of sp³-hybridized carbons (Fsp3) is 1.00. The van der Waals surface area contributed by atoms with Gasteiger partial charge in [-0.15, -0.1) is 0 Å². The second-order valence-electron chi connectivity index (χ2n) is 12.6. The number of hydrogen-bond acceptors (Lipinski definition) is 3. The van der Waals surface area contributed by atoms with E-state index in [1.165, 1.54) is 38.5 Å². The van der Waals surface area contributed by atoms with Gasteiger partial charge in [-0.2, -0.15) is 0 Å². The third kappa shape index (κ3) is 3.69. The van der Waals surface area contributed by atoms with Crippen LogP contribution in [0.2, 0.25) is 0 Å². The number of fused-ring (bicyclic) bond motifs is 5. The van der Waals surface area contributed by atoms with Gasteiger partial charge in [0, 0.05) is 0 Å². The van der Waals surface area contributed by atoms with Gasteiger partial charge in [-0.1, -0.05) is 46.5 Å². The lowest BCUT2D eigenvalue weighted by Crippen LogP contribution is -2.59. The molecule has 4 rings (SSSR count). The van der Waals surface area contributed by atoms with E-state index in [4.69, 9.17) is 0 Å². The summed E-state index contributed by atoms with van der Waals surface area (Å²) in [5.41, 5.74) is -0.158. The van der Waals surface area contributed by atoms with E-state index in [2.05, 4.69) is 27.7 Å². The second kappa shape index (κ2) is 8.34. The van der Waals surface area contributed by atoms with Gasteiger partial charge in [0.2, 0.25) is 0 Å². The normalized spacial score (nSPS) is 50.3. The molecule has 0 bridgehead atoms. The van der Waals surface area contributed by atoms with Gasteiger partial charge in [0.05, 0.1) is 17.8 Å². The van der Waals surface area contributed by atoms with Crippen LogP contribution < -0.4 is 0 Å². The fourth-order valence-corrected chi connectivity index (χ4v) is 9.38. The third-order valence-corrected chi connectivity index (χ3v) is 10.9. The summed E-state index contributed by atoms with van der Waals surface area (Å²) in [4.78, 5) is 0. The van der Waals surface area contributed by atoms with Crippen molar-refractivity contribution in [1.29, 1.82) is 0 Å². The molecule has 0 aromatic rings. The van der Waals surface area contributed by atoms with Crippen molar-refractivity contribution in [2.75, 3.05) is 0 Å². The molecule has 3 heteroatoms. The number of hydrogen-bond donors (Lipinski definition) is 3. The number of aliphatic hydroxyl groups is 3. The van der Waals surface area contributed by atoms with Crippen LogP contribution in [0.1, 0.15) is 111 Å². The standard InChI is InChI=1S/C27H48O3/c1-5-6-7-8-13-27(4,30)24-10-9-20-19-17-23(29)22-16-18(28)11-14-25(22,2)21(19)12-15-26(20,24)3/h18-24,28-30H,5-17H2,1-4H3/t18-,19?,20?,21?,22+,23-,24?,25+,26-,27-/m0/s1. The molecular weight excluding hydrogens is 372 g/mol. The number of unbranched alkanes of at least 4 members (excludes halogenated alkanes) is 3. The quantitative estimate of drug-likeness (QED) is 0.483.